The normalized spacial score (nSPS) is 24.9. The summed E-state index contributed by atoms with van der Waals surface area (Å²) >= 11 is 0. The van der Waals surface area contributed by atoms with E-state index in [-0.39, 0.29) is 6.04 Å². The number of hydrogen-bond acceptors (Lipinski definition) is 3. The molecule has 0 saturated carbocycles. The minimum absolute atomic E-state index is 0.175. The van der Waals surface area contributed by atoms with Crippen LogP contribution in [0.15, 0.2) is 18.2 Å². The molecule has 88 valence electrons. The van der Waals surface area contributed by atoms with Crippen LogP contribution in [-0.4, -0.2) is 30.5 Å². The van der Waals surface area contributed by atoms with Crippen molar-refractivity contribution < 1.29 is 18.6 Å². The third-order valence-corrected chi connectivity index (χ3v) is 2.54. The summed E-state index contributed by atoms with van der Waals surface area (Å²) in [6.45, 7) is 1.02. The topological polar surface area (TPSA) is 41.5 Å². The molecule has 0 radical (unpaired) electrons. The highest BCUT2D eigenvalue weighted by molar-refractivity contribution is 5.17. The Kier molecular flexibility index (Phi) is 3.48. The van der Waals surface area contributed by atoms with Gasteiger partial charge in [-0.1, -0.05) is 0 Å². The zero-order valence-corrected chi connectivity index (χ0v) is 8.62. The quantitative estimate of drug-likeness (QED) is 0.806. The second-order valence-corrected chi connectivity index (χ2v) is 3.87. The van der Waals surface area contributed by atoms with Crippen LogP contribution in [0, 0.1) is 11.6 Å². The van der Waals surface area contributed by atoms with Gasteiger partial charge in [0.05, 0.1) is 25.4 Å². The lowest BCUT2D eigenvalue weighted by Gasteiger charge is -2.14. The van der Waals surface area contributed by atoms with Crippen LogP contribution in [0.4, 0.5) is 8.78 Å². The van der Waals surface area contributed by atoms with Crippen LogP contribution in [0.5, 0.6) is 0 Å². The van der Waals surface area contributed by atoms with Gasteiger partial charge in [-0.3, -0.25) is 0 Å². The summed E-state index contributed by atoms with van der Waals surface area (Å²) in [5.41, 5.74) is 0.511. The molecule has 1 heterocycles. The van der Waals surface area contributed by atoms with Gasteiger partial charge in [0.1, 0.15) is 11.6 Å². The lowest BCUT2D eigenvalue weighted by Crippen LogP contribution is -2.38. The predicted molar refractivity (Wildman–Crippen MR) is 53.8 cm³/mol. The maximum absolute atomic E-state index is 12.9. The zero-order valence-electron chi connectivity index (χ0n) is 8.62. The van der Waals surface area contributed by atoms with E-state index < -0.39 is 17.7 Å². The molecule has 1 aliphatic heterocycles. The van der Waals surface area contributed by atoms with Crippen LogP contribution < -0.4 is 5.32 Å². The zero-order chi connectivity index (χ0) is 11.5. The van der Waals surface area contributed by atoms with Crippen molar-refractivity contribution in [3.8, 4) is 0 Å². The molecule has 2 unspecified atom stereocenters. The molecule has 1 aliphatic rings. The highest BCUT2D eigenvalue weighted by Crippen LogP contribution is 2.10. The Hall–Kier alpha value is -1.04. The summed E-state index contributed by atoms with van der Waals surface area (Å²) < 4.78 is 30.8. The molecule has 0 aliphatic carbocycles. The number of ether oxygens (including phenoxy) is 1. The summed E-state index contributed by atoms with van der Waals surface area (Å²) in [5, 5.41) is 12.4. The van der Waals surface area contributed by atoms with Crippen molar-refractivity contribution in [3.05, 3.63) is 35.4 Å². The van der Waals surface area contributed by atoms with Crippen LogP contribution in [-0.2, 0) is 11.3 Å². The van der Waals surface area contributed by atoms with E-state index in [1.165, 1.54) is 12.1 Å². The van der Waals surface area contributed by atoms with Crippen molar-refractivity contribution in [2.75, 3.05) is 13.2 Å². The molecule has 5 heteroatoms. The van der Waals surface area contributed by atoms with E-state index >= 15 is 0 Å². The third kappa shape index (κ3) is 2.75. The molecular formula is C11H13F2NO2. The molecule has 0 amide bonds. The number of aliphatic hydroxyl groups is 1. The molecule has 1 aromatic carbocycles. The average Bonchev–Trinajstić information content (AvgIpc) is 2.59. The summed E-state index contributed by atoms with van der Waals surface area (Å²) in [6, 6.07) is 3.18. The number of rotatable bonds is 3. The fourth-order valence-corrected chi connectivity index (χ4v) is 1.70. The van der Waals surface area contributed by atoms with E-state index in [1.807, 2.05) is 0 Å². The maximum Gasteiger partial charge on any atom is 0.126 e. The van der Waals surface area contributed by atoms with Crippen LogP contribution in [0.3, 0.4) is 0 Å². The Labute approximate surface area is 92.0 Å². The van der Waals surface area contributed by atoms with Gasteiger partial charge in [0, 0.05) is 12.6 Å². The van der Waals surface area contributed by atoms with Gasteiger partial charge in [-0.15, -0.1) is 0 Å². The van der Waals surface area contributed by atoms with Gasteiger partial charge in [0.2, 0.25) is 0 Å². The van der Waals surface area contributed by atoms with Gasteiger partial charge >= 0.3 is 0 Å². The van der Waals surface area contributed by atoms with Crippen molar-refractivity contribution in [1.29, 1.82) is 0 Å². The number of hydrogen-bond donors (Lipinski definition) is 2. The first-order chi connectivity index (χ1) is 7.65. The second-order valence-electron chi connectivity index (χ2n) is 3.87. The first kappa shape index (κ1) is 11.4. The van der Waals surface area contributed by atoms with E-state index in [4.69, 9.17) is 4.74 Å². The Morgan fingerprint density at radius 3 is 2.50 bits per heavy atom. The lowest BCUT2D eigenvalue weighted by molar-refractivity contribution is 0.122. The Balaban J connectivity index is 1.94. The molecule has 1 saturated heterocycles. The highest BCUT2D eigenvalue weighted by atomic mass is 19.1. The lowest BCUT2D eigenvalue weighted by atomic mass is 10.1. The Morgan fingerprint density at radius 1 is 1.25 bits per heavy atom. The molecule has 1 aromatic rings. The Morgan fingerprint density at radius 2 is 1.94 bits per heavy atom. The minimum Gasteiger partial charge on any atom is -0.389 e. The van der Waals surface area contributed by atoms with Crippen molar-refractivity contribution in [2.24, 2.45) is 0 Å². The molecule has 2 N–H and O–H groups in total. The van der Waals surface area contributed by atoms with Crippen LogP contribution in [0.1, 0.15) is 5.56 Å². The smallest absolute Gasteiger partial charge is 0.126 e. The fraction of sp³-hybridized carbons (Fsp3) is 0.455. The standard InChI is InChI=1S/C11H13F2NO2/c12-8-1-7(2-9(13)3-8)4-14-10-5-16-6-11(10)15/h1-3,10-11,14-15H,4-6H2. The molecule has 2 rings (SSSR count). The van der Waals surface area contributed by atoms with Crippen molar-refractivity contribution in [1.82, 2.24) is 5.32 Å². The van der Waals surface area contributed by atoms with Crippen molar-refractivity contribution >= 4 is 0 Å². The minimum atomic E-state index is -0.597. The van der Waals surface area contributed by atoms with E-state index in [2.05, 4.69) is 5.32 Å². The van der Waals surface area contributed by atoms with E-state index in [1.54, 1.807) is 0 Å². The average molecular weight is 229 g/mol. The van der Waals surface area contributed by atoms with Gasteiger partial charge in [-0.25, -0.2) is 8.78 Å². The molecular weight excluding hydrogens is 216 g/mol. The molecule has 0 spiro atoms. The second kappa shape index (κ2) is 4.86. The number of aliphatic hydroxyl groups excluding tert-OH is 1. The van der Waals surface area contributed by atoms with E-state index in [0.717, 1.165) is 6.07 Å². The Bertz CT molecular complexity index is 353. The molecule has 2 atom stereocenters. The number of halogens is 2. The summed E-state index contributed by atoms with van der Waals surface area (Å²) in [7, 11) is 0. The monoisotopic (exact) mass is 229 g/mol. The van der Waals surface area contributed by atoms with Gasteiger partial charge < -0.3 is 15.2 Å². The summed E-state index contributed by atoms with van der Waals surface area (Å²) in [5.74, 6) is -1.19. The molecule has 3 nitrogen and oxygen atoms in total. The fourth-order valence-electron chi connectivity index (χ4n) is 1.70. The van der Waals surface area contributed by atoms with Crippen LogP contribution >= 0.6 is 0 Å². The van der Waals surface area contributed by atoms with Gasteiger partial charge in [0.25, 0.3) is 0 Å². The van der Waals surface area contributed by atoms with Crippen LogP contribution in [0.25, 0.3) is 0 Å². The predicted octanol–water partition coefficient (Wildman–Crippen LogP) is 0.814. The number of benzene rings is 1. The van der Waals surface area contributed by atoms with Crippen molar-refractivity contribution in [2.45, 2.75) is 18.7 Å². The summed E-state index contributed by atoms with van der Waals surface area (Å²) in [6.07, 6.45) is -0.557. The third-order valence-electron chi connectivity index (χ3n) is 2.54. The molecule has 1 fully saturated rings. The largest absolute Gasteiger partial charge is 0.389 e. The van der Waals surface area contributed by atoms with E-state index in [0.29, 0.717) is 25.3 Å². The van der Waals surface area contributed by atoms with Gasteiger partial charge in [-0.05, 0) is 17.7 Å². The highest BCUT2D eigenvalue weighted by Gasteiger charge is 2.25. The number of nitrogens with one attached hydrogen (secondary N) is 1. The maximum atomic E-state index is 12.9. The first-order valence-electron chi connectivity index (χ1n) is 5.09. The van der Waals surface area contributed by atoms with Gasteiger partial charge in [-0.2, -0.15) is 0 Å². The van der Waals surface area contributed by atoms with Crippen LogP contribution in [0.2, 0.25) is 0 Å². The SMILES string of the molecule is OC1COCC1NCc1cc(F)cc(F)c1. The first-order valence-corrected chi connectivity index (χ1v) is 5.09. The van der Waals surface area contributed by atoms with E-state index in [9.17, 15) is 13.9 Å². The van der Waals surface area contributed by atoms with Gasteiger partial charge in [0.15, 0.2) is 0 Å². The molecule has 16 heavy (non-hydrogen) atoms. The molecule has 0 aromatic heterocycles. The van der Waals surface area contributed by atoms with Crippen molar-refractivity contribution in [3.63, 3.8) is 0 Å². The molecule has 0 bridgehead atoms. The summed E-state index contributed by atoms with van der Waals surface area (Å²) in [4.78, 5) is 0.